The van der Waals surface area contributed by atoms with Crippen LogP contribution in [0.1, 0.15) is 24.4 Å². The van der Waals surface area contributed by atoms with Gasteiger partial charge in [-0.3, -0.25) is 0 Å². The summed E-state index contributed by atoms with van der Waals surface area (Å²) in [6, 6.07) is 5.49. The molecule has 1 aliphatic heterocycles. The summed E-state index contributed by atoms with van der Waals surface area (Å²) in [5.41, 5.74) is 0.849. The Morgan fingerprint density at radius 3 is 2.92 bits per heavy atom. The van der Waals surface area contributed by atoms with Crippen LogP contribution in [-0.2, 0) is 0 Å². The molecule has 1 unspecified atom stereocenters. The lowest BCUT2D eigenvalue weighted by Gasteiger charge is -2.13. The van der Waals surface area contributed by atoms with Gasteiger partial charge in [0.1, 0.15) is 5.75 Å². The number of phenolic OH excluding ortho intramolecular Hbond substituents is 1. The fraction of sp³-hybridized carbons (Fsp3) is 0.400. The maximum atomic E-state index is 9.63. The topological polar surface area (TPSA) is 32.3 Å². The van der Waals surface area contributed by atoms with E-state index in [9.17, 15) is 5.11 Å². The van der Waals surface area contributed by atoms with E-state index in [0.29, 0.717) is 10.8 Å². The summed E-state index contributed by atoms with van der Waals surface area (Å²) < 4.78 is 0. The lowest BCUT2D eigenvalue weighted by atomic mass is 10.0. The van der Waals surface area contributed by atoms with Gasteiger partial charge >= 0.3 is 0 Å². The minimum absolute atomic E-state index is 0.230. The zero-order chi connectivity index (χ0) is 9.26. The van der Waals surface area contributed by atoms with E-state index in [1.165, 1.54) is 0 Å². The van der Waals surface area contributed by atoms with Gasteiger partial charge in [0.05, 0.1) is 0 Å². The monoisotopic (exact) mass is 197 g/mol. The van der Waals surface area contributed by atoms with Gasteiger partial charge < -0.3 is 10.4 Å². The Hall–Kier alpha value is -0.730. The highest BCUT2D eigenvalue weighted by molar-refractivity contribution is 6.31. The van der Waals surface area contributed by atoms with Gasteiger partial charge in [-0.1, -0.05) is 17.7 Å². The maximum absolute atomic E-state index is 9.63. The lowest BCUT2D eigenvalue weighted by molar-refractivity contribution is 0.457. The molecule has 2 nitrogen and oxygen atoms in total. The van der Waals surface area contributed by atoms with Gasteiger partial charge in [-0.2, -0.15) is 0 Å². The normalized spacial score (nSPS) is 22.1. The molecular formula is C10H12ClNO. The van der Waals surface area contributed by atoms with Crippen molar-refractivity contribution in [1.82, 2.24) is 5.32 Å². The summed E-state index contributed by atoms with van der Waals surface area (Å²) in [6.45, 7) is 1.01. The average Bonchev–Trinajstić information content (AvgIpc) is 2.57. The van der Waals surface area contributed by atoms with Crippen molar-refractivity contribution in [2.24, 2.45) is 0 Å². The Labute approximate surface area is 82.5 Å². The molecule has 0 aliphatic carbocycles. The summed E-state index contributed by atoms with van der Waals surface area (Å²) in [6.07, 6.45) is 2.20. The Balaban J connectivity index is 2.37. The van der Waals surface area contributed by atoms with Crippen molar-refractivity contribution >= 4 is 11.6 Å². The second-order valence-electron chi connectivity index (χ2n) is 3.32. The van der Waals surface area contributed by atoms with E-state index in [1.54, 1.807) is 12.1 Å². The molecule has 0 aromatic heterocycles. The molecule has 2 rings (SSSR count). The van der Waals surface area contributed by atoms with Crippen LogP contribution in [0.5, 0.6) is 5.75 Å². The molecule has 0 saturated carbocycles. The minimum atomic E-state index is 0.230. The summed E-state index contributed by atoms with van der Waals surface area (Å²) in [5, 5.41) is 13.6. The van der Waals surface area contributed by atoms with Crippen LogP contribution in [0.3, 0.4) is 0 Å². The highest BCUT2D eigenvalue weighted by Gasteiger charge is 2.21. The van der Waals surface area contributed by atoms with Crippen molar-refractivity contribution in [1.29, 1.82) is 0 Å². The number of hydrogen-bond acceptors (Lipinski definition) is 2. The molecule has 3 heteroatoms. The Bertz CT molecular complexity index is 288. The third-order valence-electron chi connectivity index (χ3n) is 2.44. The Kier molecular flexibility index (Phi) is 2.42. The number of hydrogen-bond donors (Lipinski definition) is 2. The minimum Gasteiger partial charge on any atom is -0.508 e. The fourth-order valence-corrected chi connectivity index (χ4v) is 2.10. The number of nitrogens with one attached hydrogen (secondary N) is 1. The average molecular weight is 198 g/mol. The van der Waals surface area contributed by atoms with Crippen LogP contribution in [0.15, 0.2) is 18.2 Å². The molecule has 1 aliphatic rings. The first kappa shape index (κ1) is 8.85. The number of phenols is 1. The smallest absolute Gasteiger partial charge is 0.121 e. The van der Waals surface area contributed by atoms with Crippen LogP contribution in [0.2, 0.25) is 5.02 Å². The van der Waals surface area contributed by atoms with E-state index < -0.39 is 0 Å². The van der Waals surface area contributed by atoms with Crippen LogP contribution in [-0.4, -0.2) is 11.7 Å². The summed E-state index contributed by atoms with van der Waals surface area (Å²) in [5.74, 6) is 0.298. The van der Waals surface area contributed by atoms with E-state index in [0.717, 1.165) is 24.9 Å². The second kappa shape index (κ2) is 3.56. The van der Waals surface area contributed by atoms with Crippen molar-refractivity contribution < 1.29 is 5.11 Å². The van der Waals surface area contributed by atoms with Crippen molar-refractivity contribution in [3.63, 3.8) is 0 Å². The van der Waals surface area contributed by atoms with Gasteiger partial charge in [0.2, 0.25) is 0 Å². The Morgan fingerprint density at radius 1 is 1.46 bits per heavy atom. The van der Waals surface area contributed by atoms with Gasteiger partial charge in [-0.25, -0.2) is 0 Å². The number of halogens is 1. The molecule has 1 saturated heterocycles. The molecule has 0 spiro atoms. The largest absolute Gasteiger partial charge is 0.508 e. The van der Waals surface area contributed by atoms with Gasteiger partial charge in [-0.05, 0) is 31.5 Å². The van der Waals surface area contributed by atoms with Crippen LogP contribution >= 0.6 is 11.6 Å². The van der Waals surface area contributed by atoms with Gasteiger partial charge in [0, 0.05) is 16.6 Å². The first-order valence-corrected chi connectivity index (χ1v) is 4.87. The highest BCUT2D eigenvalue weighted by atomic mass is 35.5. The van der Waals surface area contributed by atoms with Crippen LogP contribution in [0, 0.1) is 0 Å². The molecule has 1 atom stereocenters. The quantitative estimate of drug-likeness (QED) is 0.725. The van der Waals surface area contributed by atoms with E-state index in [1.807, 2.05) is 6.07 Å². The second-order valence-corrected chi connectivity index (χ2v) is 3.73. The lowest BCUT2D eigenvalue weighted by Crippen LogP contribution is -2.13. The van der Waals surface area contributed by atoms with Crippen molar-refractivity contribution in [3.8, 4) is 5.75 Å². The molecule has 0 amide bonds. The zero-order valence-electron chi connectivity index (χ0n) is 7.26. The van der Waals surface area contributed by atoms with Crippen LogP contribution in [0.25, 0.3) is 0 Å². The standard InChI is InChI=1S/C10H12ClNO/c11-7-3-1-5-9(13)10(7)8-4-2-6-12-8/h1,3,5,8,12-13H,2,4,6H2. The molecule has 1 aromatic rings. The first-order chi connectivity index (χ1) is 6.29. The fourth-order valence-electron chi connectivity index (χ4n) is 1.80. The predicted octanol–water partition coefficient (Wildman–Crippen LogP) is 2.47. The number of benzene rings is 1. The van der Waals surface area contributed by atoms with E-state index in [2.05, 4.69) is 5.32 Å². The number of rotatable bonds is 1. The van der Waals surface area contributed by atoms with Gasteiger partial charge in [-0.15, -0.1) is 0 Å². The summed E-state index contributed by atoms with van der Waals surface area (Å²) in [4.78, 5) is 0. The molecule has 13 heavy (non-hydrogen) atoms. The summed E-state index contributed by atoms with van der Waals surface area (Å²) >= 11 is 6.01. The highest BCUT2D eigenvalue weighted by Crippen LogP contribution is 2.35. The van der Waals surface area contributed by atoms with Crippen molar-refractivity contribution in [3.05, 3.63) is 28.8 Å². The Morgan fingerprint density at radius 2 is 2.31 bits per heavy atom. The molecule has 70 valence electrons. The van der Waals surface area contributed by atoms with E-state index in [4.69, 9.17) is 11.6 Å². The molecule has 0 bridgehead atoms. The third kappa shape index (κ3) is 1.64. The third-order valence-corrected chi connectivity index (χ3v) is 2.77. The van der Waals surface area contributed by atoms with Crippen molar-refractivity contribution in [2.45, 2.75) is 18.9 Å². The number of aromatic hydroxyl groups is 1. The van der Waals surface area contributed by atoms with Crippen molar-refractivity contribution in [2.75, 3.05) is 6.54 Å². The summed E-state index contributed by atoms with van der Waals surface area (Å²) in [7, 11) is 0. The van der Waals surface area contributed by atoms with E-state index in [-0.39, 0.29) is 6.04 Å². The van der Waals surface area contributed by atoms with Gasteiger partial charge in [0.15, 0.2) is 0 Å². The molecular weight excluding hydrogens is 186 g/mol. The molecule has 1 heterocycles. The van der Waals surface area contributed by atoms with E-state index >= 15 is 0 Å². The van der Waals surface area contributed by atoms with Crippen LogP contribution < -0.4 is 5.32 Å². The van der Waals surface area contributed by atoms with Crippen LogP contribution in [0.4, 0.5) is 0 Å². The maximum Gasteiger partial charge on any atom is 0.121 e. The molecule has 1 fully saturated rings. The van der Waals surface area contributed by atoms with Gasteiger partial charge in [0.25, 0.3) is 0 Å². The molecule has 0 radical (unpaired) electrons. The predicted molar refractivity (Wildman–Crippen MR) is 53.1 cm³/mol. The molecule has 2 N–H and O–H groups in total. The SMILES string of the molecule is Oc1cccc(Cl)c1C1CCCN1. The first-order valence-electron chi connectivity index (χ1n) is 4.50. The zero-order valence-corrected chi connectivity index (χ0v) is 8.01. The molecule has 1 aromatic carbocycles.